The molecule has 1 aliphatic carbocycles. The molecule has 0 N–H and O–H groups in total. The fourth-order valence-electron chi connectivity index (χ4n) is 1.47. The molecule has 0 bridgehead atoms. The zero-order valence-corrected chi connectivity index (χ0v) is 6.18. The maximum Gasteiger partial charge on any atom is 0.0594 e. The molecular weight excluding hydrogens is 126 g/mol. The minimum atomic E-state index is 0.712. The first kappa shape index (κ1) is 6.38. The van der Waals surface area contributed by atoms with Gasteiger partial charge in [0.2, 0.25) is 0 Å². The molecule has 2 heteroatoms. The summed E-state index contributed by atoms with van der Waals surface area (Å²) < 4.78 is 5.24. The minimum Gasteiger partial charge on any atom is -0.379 e. The van der Waals surface area contributed by atoms with Crippen LogP contribution < -0.4 is 0 Å². The summed E-state index contributed by atoms with van der Waals surface area (Å²) >= 11 is 0. The van der Waals surface area contributed by atoms with Gasteiger partial charge in [-0.05, 0) is 6.42 Å². The summed E-state index contributed by atoms with van der Waals surface area (Å²) in [6.07, 6.45) is 1.22. The maximum absolute atomic E-state index is 5.24. The molecule has 2 rings (SSSR count). The van der Waals surface area contributed by atoms with Crippen molar-refractivity contribution in [3.63, 3.8) is 0 Å². The average molecular weight is 139 g/mol. The van der Waals surface area contributed by atoms with Gasteiger partial charge in [0, 0.05) is 19.1 Å². The van der Waals surface area contributed by atoms with Crippen molar-refractivity contribution >= 4 is 0 Å². The van der Waals surface area contributed by atoms with Crippen molar-refractivity contribution in [3.05, 3.63) is 12.2 Å². The van der Waals surface area contributed by atoms with Crippen molar-refractivity contribution < 1.29 is 4.74 Å². The van der Waals surface area contributed by atoms with Gasteiger partial charge in [0.1, 0.15) is 0 Å². The van der Waals surface area contributed by atoms with Crippen molar-refractivity contribution in [2.75, 3.05) is 26.3 Å². The molecular formula is C8H13NO. The van der Waals surface area contributed by atoms with E-state index < -0.39 is 0 Å². The molecule has 0 aromatic heterocycles. The van der Waals surface area contributed by atoms with E-state index in [1.54, 1.807) is 0 Å². The van der Waals surface area contributed by atoms with Crippen molar-refractivity contribution in [3.8, 4) is 0 Å². The first-order chi connectivity index (χ1) is 4.88. The summed E-state index contributed by atoms with van der Waals surface area (Å²) in [7, 11) is 0. The molecule has 10 heavy (non-hydrogen) atoms. The van der Waals surface area contributed by atoms with Gasteiger partial charge in [-0.1, -0.05) is 12.2 Å². The monoisotopic (exact) mass is 139 g/mol. The Balaban J connectivity index is 1.86. The Morgan fingerprint density at radius 1 is 1.40 bits per heavy atom. The van der Waals surface area contributed by atoms with Crippen molar-refractivity contribution in [1.82, 2.24) is 4.90 Å². The van der Waals surface area contributed by atoms with E-state index in [1.165, 1.54) is 12.0 Å². The molecule has 56 valence electrons. The molecule has 2 aliphatic rings. The van der Waals surface area contributed by atoms with Gasteiger partial charge in [-0.15, -0.1) is 0 Å². The summed E-state index contributed by atoms with van der Waals surface area (Å²) in [6, 6.07) is 0.712. The molecule has 0 spiro atoms. The van der Waals surface area contributed by atoms with Crippen LogP contribution in [0.25, 0.3) is 0 Å². The largest absolute Gasteiger partial charge is 0.379 e. The first-order valence-electron chi connectivity index (χ1n) is 3.87. The first-order valence-corrected chi connectivity index (χ1v) is 3.87. The summed E-state index contributed by atoms with van der Waals surface area (Å²) in [5.41, 5.74) is 1.40. The molecule has 2 nitrogen and oxygen atoms in total. The smallest absolute Gasteiger partial charge is 0.0594 e. The highest BCUT2D eigenvalue weighted by Crippen LogP contribution is 2.32. The third-order valence-corrected chi connectivity index (χ3v) is 2.25. The van der Waals surface area contributed by atoms with Crippen LogP contribution >= 0.6 is 0 Å². The Hall–Kier alpha value is -0.340. The number of ether oxygens (including phenoxy) is 1. The molecule has 2 fully saturated rings. The molecule has 0 aromatic rings. The number of hydrogen-bond acceptors (Lipinski definition) is 2. The van der Waals surface area contributed by atoms with Gasteiger partial charge in [-0.2, -0.15) is 0 Å². The second kappa shape index (κ2) is 2.36. The Kier molecular flexibility index (Phi) is 1.51. The van der Waals surface area contributed by atoms with Gasteiger partial charge in [-0.3, -0.25) is 4.90 Å². The fraction of sp³-hybridized carbons (Fsp3) is 0.750. The zero-order valence-electron chi connectivity index (χ0n) is 6.18. The molecule has 0 aromatic carbocycles. The number of rotatable bonds is 1. The quantitative estimate of drug-likeness (QED) is 0.494. The molecule has 1 aliphatic heterocycles. The second-order valence-electron chi connectivity index (χ2n) is 3.03. The van der Waals surface area contributed by atoms with Crippen molar-refractivity contribution in [2.24, 2.45) is 0 Å². The van der Waals surface area contributed by atoms with Crippen molar-refractivity contribution in [1.29, 1.82) is 0 Å². The molecule has 1 atom stereocenters. The molecule has 1 saturated heterocycles. The Morgan fingerprint density at radius 2 is 2.00 bits per heavy atom. The Morgan fingerprint density at radius 3 is 2.50 bits per heavy atom. The van der Waals surface area contributed by atoms with E-state index in [1.807, 2.05) is 0 Å². The minimum absolute atomic E-state index is 0.712. The lowest BCUT2D eigenvalue weighted by Gasteiger charge is -2.25. The fourth-order valence-corrected chi connectivity index (χ4v) is 1.47. The predicted octanol–water partition coefficient (Wildman–Crippen LogP) is 0.647. The van der Waals surface area contributed by atoms with E-state index in [0.29, 0.717) is 6.04 Å². The lowest BCUT2D eigenvalue weighted by Crippen LogP contribution is -2.37. The van der Waals surface area contributed by atoms with E-state index in [-0.39, 0.29) is 0 Å². The topological polar surface area (TPSA) is 12.5 Å². The average Bonchev–Trinajstić information content (AvgIpc) is 2.69. The molecule has 1 heterocycles. The highest BCUT2D eigenvalue weighted by Gasteiger charge is 2.33. The Bertz CT molecular complexity index is 149. The highest BCUT2D eigenvalue weighted by molar-refractivity contribution is 5.25. The van der Waals surface area contributed by atoms with Crippen LogP contribution in [-0.2, 0) is 4.74 Å². The zero-order chi connectivity index (χ0) is 6.97. The maximum atomic E-state index is 5.24. The SMILES string of the molecule is C=C1CC1N1CCOCC1. The van der Waals surface area contributed by atoms with Gasteiger partial charge in [0.25, 0.3) is 0 Å². The van der Waals surface area contributed by atoms with Crippen LogP contribution in [0.1, 0.15) is 6.42 Å². The van der Waals surface area contributed by atoms with Gasteiger partial charge in [-0.25, -0.2) is 0 Å². The van der Waals surface area contributed by atoms with Crippen LogP contribution in [0.2, 0.25) is 0 Å². The van der Waals surface area contributed by atoms with Gasteiger partial charge in [0.15, 0.2) is 0 Å². The van der Waals surface area contributed by atoms with E-state index >= 15 is 0 Å². The summed E-state index contributed by atoms with van der Waals surface area (Å²) in [5, 5.41) is 0. The summed E-state index contributed by atoms with van der Waals surface area (Å²) in [6.45, 7) is 7.96. The van der Waals surface area contributed by atoms with Gasteiger partial charge >= 0.3 is 0 Å². The van der Waals surface area contributed by atoms with Crippen LogP contribution in [-0.4, -0.2) is 37.2 Å². The van der Waals surface area contributed by atoms with E-state index in [0.717, 1.165) is 26.3 Å². The van der Waals surface area contributed by atoms with Crippen LogP contribution in [0.15, 0.2) is 12.2 Å². The summed E-state index contributed by atoms with van der Waals surface area (Å²) in [4.78, 5) is 2.46. The van der Waals surface area contributed by atoms with Gasteiger partial charge < -0.3 is 4.74 Å². The molecule has 1 unspecified atom stereocenters. The van der Waals surface area contributed by atoms with Crippen LogP contribution in [0.5, 0.6) is 0 Å². The second-order valence-corrected chi connectivity index (χ2v) is 3.03. The summed E-state index contributed by atoms with van der Waals surface area (Å²) in [5.74, 6) is 0. The van der Waals surface area contributed by atoms with Crippen LogP contribution in [0.3, 0.4) is 0 Å². The van der Waals surface area contributed by atoms with E-state index in [4.69, 9.17) is 4.74 Å². The predicted molar refractivity (Wildman–Crippen MR) is 39.9 cm³/mol. The lowest BCUT2D eigenvalue weighted by atomic mass is 10.4. The van der Waals surface area contributed by atoms with Crippen LogP contribution in [0.4, 0.5) is 0 Å². The van der Waals surface area contributed by atoms with Crippen LogP contribution in [0, 0.1) is 0 Å². The Labute approximate surface area is 61.5 Å². The standard InChI is InChI=1S/C8H13NO/c1-7-6-8(7)9-2-4-10-5-3-9/h8H,1-6H2. The molecule has 1 saturated carbocycles. The lowest BCUT2D eigenvalue weighted by molar-refractivity contribution is 0.0358. The highest BCUT2D eigenvalue weighted by atomic mass is 16.5. The van der Waals surface area contributed by atoms with E-state index in [2.05, 4.69) is 11.5 Å². The van der Waals surface area contributed by atoms with Crippen molar-refractivity contribution in [2.45, 2.75) is 12.5 Å². The third-order valence-electron chi connectivity index (χ3n) is 2.25. The van der Waals surface area contributed by atoms with E-state index in [9.17, 15) is 0 Å². The normalized spacial score (nSPS) is 34.4. The number of hydrogen-bond donors (Lipinski definition) is 0. The molecule has 0 amide bonds. The van der Waals surface area contributed by atoms with Gasteiger partial charge in [0.05, 0.1) is 13.2 Å². The number of nitrogens with zero attached hydrogens (tertiary/aromatic N) is 1. The third kappa shape index (κ3) is 1.09. The number of morpholine rings is 1. The molecule has 0 radical (unpaired) electrons.